The average molecular weight is 529 g/mol. The Bertz CT molecular complexity index is 1890. The quantitative estimate of drug-likeness (QED) is 0.239. The van der Waals surface area contributed by atoms with Crippen LogP contribution in [0.2, 0.25) is 0 Å². The normalized spacial score (nSPS) is 18.6. The van der Waals surface area contributed by atoms with Crippen LogP contribution < -0.4 is 0 Å². The summed E-state index contributed by atoms with van der Waals surface area (Å²) < 4.78 is 12.8. The maximum absolute atomic E-state index is 9.75. The molecule has 4 aromatic carbocycles. The summed E-state index contributed by atoms with van der Waals surface area (Å²) in [4.78, 5) is 0. The van der Waals surface area contributed by atoms with Gasteiger partial charge in [-0.2, -0.15) is 0 Å². The van der Waals surface area contributed by atoms with Crippen LogP contribution in [-0.4, -0.2) is 10.2 Å². The number of furan rings is 2. The molecule has 0 aliphatic heterocycles. The lowest BCUT2D eigenvalue weighted by Gasteiger charge is -2.21. The monoisotopic (exact) mass is 528 g/mol. The summed E-state index contributed by atoms with van der Waals surface area (Å²) >= 11 is 0. The van der Waals surface area contributed by atoms with Crippen LogP contribution in [0.25, 0.3) is 44.6 Å². The second-order valence-electron chi connectivity index (χ2n) is 11.3. The zero-order chi connectivity index (χ0) is 27.7. The van der Waals surface area contributed by atoms with Crippen LogP contribution >= 0.6 is 0 Å². The maximum atomic E-state index is 9.75. The lowest BCUT2D eigenvalue weighted by Crippen LogP contribution is -2.09. The molecule has 4 heteroatoms. The number of aromatic hydroxyl groups is 2. The molecule has 1 aliphatic rings. The van der Waals surface area contributed by atoms with E-state index in [9.17, 15) is 10.2 Å². The molecule has 2 aromatic heterocycles. The standard InChI is InChI=1S/C36H32O4/c1-5-27-19(2)34(24-10-15-32-28(16-24)20(3)35(39-32)22-6-11-25(37)12-7-22)31-18-33-29(17-30(27)31)21(4)36(40-33)23-8-13-26(38)14-9-23/h6-19,27,34,37-38H,5H2,1-4H3/t19-,27+,34-/m1/s1. The van der Waals surface area contributed by atoms with Gasteiger partial charge in [-0.05, 0) is 122 Å². The Balaban J connectivity index is 1.35. The van der Waals surface area contributed by atoms with Crippen molar-refractivity contribution in [3.8, 4) is 34.1 Å². The largest absolute Gasteiger partial charge is 0.508 e. The molecule has 3 atom stereocenters. The van der Waals surface area contributed by atoms with Gasteiger partial charge in [-0.1, -0.05) is 19.9 Å². The number of aryl methyl sites for hydroxylation is 2. The van der Waals surface area contributed by atoms with Crippen molar-refractivity contribution in [3.63, 3.8) is 0 Å². The molecular weight excluding hydrogens is 496 g/mol. The van der Waals surface area contributed by atoms with Crippen LogP contribution in [0.5, 0.6) is 11.5 Å². The van der Waals surface area contributed by atoms with Crippen molar-refractivity contribution < 1.29 is 19.0 Å². The summed E-state index contributed by atoms with van der Waals surface area (Å²) in [5.41, 5.74) is 10.00. The van der Waals surface area contributed by atoms with Crippen LogP contribution in [0, 0.1) is 19.8 Å². The van der Waals surface area contributed by atoms with E-state index in [1.165, 1.54) is 16.7 Å². The summed E-state index contributed by atoms with van der Waals surface area (Å²) in [5, 5.41) is 21.8. The number of hydrogen-bond acceptors (Lipinski definition) is 4. The van der Waals surface area contributed by atoms with Gasteiger partial charge in [0.15, 0.2) is 0 Å². The topological polar surface area (TPSA) is 66.7 Å². The van der Waals surface area contributed by atoms with Gasteiger partial charge in [-0.3, -0.25) is 0 Å². The number of hydrogen-bond donors (Lipinski definition) is 2. The minimum absolute atomic E-state index is 0.246. The Morgan fingerprint density at radius 3 is 1.77 bits per heavy atom. The molecule has 0 radical (unpaired) electrons. The summed E-state index contributed by atoms with van der Waals surface area (Å²) in [7, 11) is 0. The molecule has 2 heterocycles. The van der Waals surface area contributed by atoms with Gasteiger partial charge in [-0.15, -0.1) is 0 Å². The molecular formula is C36H32O4. The fourth-order valence-electron chi connectivity index (χ4n) is 6.97. The highest BCUT2D eigenvalue weighted by Crippen LogP contribution is 2.53. The van der Waals surface area contributed by atoms with Gasteiger partial charge in [-0.25, -0.2) is 0 Å². The fourth-order valence-corrected chi connectivity index (χ4v) is 6.97. The maximum Gasteiger partial charge on any atom is 0.138 e. The first-order chi connectivity index (χ1) is 19.3. The smallest absolute Gasteiger partial charge is 0.138 e. The van der Waals surface area contributed by atoms with Crippen molar-refractivity contribution in [2.24, 2.45) is 5.92 Å². The molecule has 0 fully saturated rings. The van der Waals surface area contributed by atoms with E-state index in [-0.39, 0.29) is 17.4 Å². The van der Waals surface area contributed by atoms with Crippen molar-refractivity contribution in [2.75, 3.05) is 0 Å². The number of phenols is 2. The highest BCUT2D eigenvalue weighted by Gasteiger charge is 2.39. The fraction of sp³-hybridized carbons (Fsp3) is 0.222. The Hall–Kier alpha value is -4.44. The zero-order valence-electron chi connectivity index (χ0n) is 23.2. The van der Waals surface area contributed by atoms with Crippen LogP contribution in [0.15, 0.2) is 87.7 Å². The predicted octanol–water partition coefficient (Wildman–Crippen LogP) is 9.82. The summed E-state index contributed by atoms with van der Waals surface area (Å²) in [6.45, 7) is 8.90. The van der Waals surface area contributed by atoms with Gasteiger partial charge in [0, 0.05) is 38.9 Å². The van der Waals surface area contributed by atoms with Gasteiger partial charge in [0.1, 0.15) is 34.2 Å². The SMILES string of the molecule is CC[C@@H]1c2cc3c(C)c(-c4ccc(O)cc4)oc3cc2[C@@H](c2ccc3oc(-c4ccc(O)cc4)c(C)c3c2)[C@@H]1C. The van der Waals surface area contributed by atoms with Gasteiger partial charge >= 0.3 is 0 Å². The van der Waals surface area contributed by atoms with Gasteiger partial charge in [0.2, 0.25) is 0 Å². The molecule has 4 nitrogen and oxygen atoms in total. The summed E-state index contributed by atoms with van der Waals surface area (Å²) in [6.07, 6.45) is 1.08. The molecule has 2 N–H and O–H groups in total. The van der Waals surface area contributed by atoms with Crippen molar-refractivity contribution >= 4 is 21.9 Å². The van der Waals surface area contributed by atoms with E-state index in [1.807, 2.05) is 24.3 Å². The van der Waals surface area contributed by atoms with E-state index >= 15 is 0 Å². The molecule has 0 spiro atoms. The molecule has 0 bridgehead atoms. The Morgan fingerprint density at radius 1 is 0.650 bits per heavy atom. The van der Waals surface area contributed by atoms with Gasteiger partial charge < -0.3 is 19.0 Å². The number of benzene rings is 4. The van der Waals surface area contributed by atoms with E-state index in [2.05, 4.69) is 58.0 Å². The predicted molar refractivity (Wildman–Crippen MR) is 160 cm³/mol. The van der Waals surface area contributed by atoms with Crippen LogP contribution in [-0.2, 0) is 0 Å². The summed E-state index contributed by atoms with van der Waals surface area (Å²) in [6, 6.07) is 25.7. The van der Waals surface area contributed by atoms with Gasteiger partial charge in [0.25, 0.3) is 0 Å². The molecule has 0 unspecified atom stereocenters. The second kappa shape index (κ2) is 9.06. The first kappa shape index (κ1) is 24.6. The molecule has 0 saturated heterocycles. The van der Waals surface area contributed by atoms with E-state index in [1.54, 1.807) is 24.3 Å². The van der Waals surface area contributed by atoms with E-state index < -0.39 is 0 Å². The molecule has 0 saturated carbocycles. The molecule has 200 valence electrons. The Labute approximate surface area is 233 Å². The highest BCUT2D eigenvalue weighted by molar-refractivity contribution is 5.91. The Morgan fingerprint density at radius 2 is 1.20 bits per heavy atom. The third-order valence-electron chi connectivity index (χ3n) is 9.06. The van der Waals surface area contributed by atoms with Crippen LogP contribution in [0.4, 0.5) is 0 Å². The van der Waals surface area contributed by atoms with Crippen LogP contribution in [0.3, 0.4) is 0 Å². The molecule has 1 aliphatic carbocycles. The molecule has 40 heavy (non-hydrogen) atoms. The van der Waals surface area contributed by atoms with Gasteiger partial charge in [0.05, 0.1) is 0 Å². The highest BCUT2D eigenvalue weighted by atomic mass is 16.3. The number of fused-ring (bicyclic) bond motifs is 3. The lowest BCUT2D eigenvalue weighted by molar-refractivity contribution is 0.448. The van der Waals surface area contributed by atoms with Crippen molar-refractivity contribution in [1.29, 1.82) is 0 Å². The second-order valence-corrected chi connectivity index (χ2v) is 11.3. The lowest BCUT2D eigenvalue weighted by atomic mass is 9.82. The van der Waals surface area contributed by atoms with E-state index in [4.69, 9.17) is 8.83 Å². The minimum atomic E-state index is 0.246. The molecule has 7 rings (SSSR count). The first-order valence-corrected chi connectivity index (χ1v) is 14.0. The van der Waals surface area contributed by atoms with Crippen molar-refractivity contribution in [1.82, 2.24) is 0 Å². The number of phenolic OH excluding ortho intramolecular Hbond substituents is 2. The third kappa shape index (κ3) is 3.66. The summed E-state index contributed by atoms with van der Waals surface area (Å²) in [5.74, 6) is 3.35. The average Bonchev–Trinajstić information content (AvgIpc) is 3.56. The zero-order valence-corrected chi connectivity index (χ0v) is 23.2. The van der Waals surface area contributed by atoms with E-state index in [0.29, 0.717) is 11.8 Å². The molecule has 0 amide bonds. The van der Waals surface area contributed by atoms with E-state index in [0.717, 1.165) is 62.1 Å². The number of rotatable bonds is 4. The third-order valence-corrected chi connectivity index (χ3v) is 9.06. The Kier molecular flexibility index (Phi) is 5.57. The first-order valence-electron chi connectivity index (χ1n) is 14.0. The molecule has 6 aromatic rings. The minimum Gasteiger partial charge on any atom is -0.508 e. The van der Waals surface area contributed by atoms with Crippen molar-refractivity contribution in [3.05, 3.63) is 107 Å². The van der Waals surface area contributed by atoms with Crippen molar-refractivity contribution in [2.45, 2.75) is 46.0 Å². The van der Waals surface area contributed by atoms with Crippen LogP contribution in [0.1, 0.15) is 59.9 Å².